The number of hydrogen-bond acceptors (Lipinski definition) is 5. The van der Waals surface area contributed by atoms with Crippen LogP contribution in [0.1, 0.15) is 39.6 Å². The molecular formula is C21H26N2O5S. The van der Waals surface area contributed by atoms with Crippen LogP contribution in [0.15, 0.2) is 53.4 Å². The number of carbonyl (C=O) groups excluding carboxylic acids is 2. The van der Waals surface area contributed by atoms with Gasteiger partial charge in [-0.05, 0) is 43.2 Å². The van der Waals surface area contributed by atoms with Crippen molar-refractivity contribution in [1.82, 2.24) is 9.62 Å². The Morgan fingerprint density at radius 1 is 1.00 bits per heavy atom. The molecule has 0 radical (unpaired) electrons. The Hall–Kier alpha value is -2.55. The van der Waals surface area contributed by atoms with Crippen LogP contribution in [0.25, 0.3) is 0 Å². The van der Waals surface area contributed by atoms with Gasteiger partial charge in [-0.2, -0.15) is 0 Å². The van der Waals surface area contributed by atoms with Crippen molar-refractivity contribution in [2.24, 2.45) is 0 Å². The topological polar surface area (TPSA) is 92.8 Å². The van der Waals surface area contributed by atoms with E-state index in [1.165, 1.54) is 31.2 Å². The van der Waals surface area contributed by atoms with Crippen molar-refractivity contribution in [2.45, 2.75) is 24.8 Å². The number of ketones is 1. The molecule has 1 amide bonds. The summed E-state index contributed by atoms with van der Waals surface area (Å²) in [4.78, 5) is 25.4. The molecule has 0 saturated carbocycles. The number of amides is 1. The highest BCUT2D eigenvalue weighted by atomic mass is 32.2. The molecule has 0 bridgehead atoms. The molecule has 0 aliphatic carbocycles. The van der Waals surface area contributed by atoms with Crippen molar-refractivity contribution < 1.29 is 22.7 Å². The van der Waals surface area contributed by atoms with Gasteiger partial charge in [0.05, 0.1) is 4.90 Å². The van der Waals surface area contributed by atoms with Gasteiger partial charge in [-0.25, -0.2) is 13.1 Å². The van der Waals surface area contributed by atoms with Gasteiger partial charge >= 0.3 is 0 Å². The quantitative estimate of drug-likeness (QED) is 0.473. The zero-order valence-electron chi connectivity index (χ0n) is 16.8. The summed E-state index contributed by atoms with van der Waals surface area (Å²) in [5.41, 5.74) is 1.72. The summed E-state index contributed by atoms with van der Waals surface area (Å²) >= 11 is 0. The van der Waals surface area contributed by atoms with Crippen molar-refractivity contribution in [3.05, 3.63) is 65.2 Å². The number of methoxy groups -OCH3 is 1. The van der Waals surface area contributed by atoms with Crippen LogP contribution < -0.4 is 4.72 Å². The first-order chi connectivity index (χ1) is 13.7. The van der Waals surface area contributed by atoms with Gasteiger partial charge in [0.2, 0.25) is 10.0 Å². The molecule has 0 heterocycles. The molecule has 2 aromatic carbocycles. The van der Waals surface area contributed by atoms with Gasteiger partial charge in [-0.15, -0.1) is 0 Å². The van der Waals surface area contributed by atoms with E-state index < -0.39 is 10.0 Å². The SMILES string of the molecule is COCCCN(C)C(=O)c1ccc(CNS(=O)(=O)c2ccc(C(C)=O)cc2)cc1. The minimum atomic E-state index is -3.70. The van der Waals surface area contributed by atoms with Crippen molar-refractivity contribution in [2.75, 3.05) is 27.3 Å². The average Bonchev–Trinajstić information content (AvgIpc) is 2.72. The van der Waals surface area contributed by atoms with Crippen LogP contribution in [-0.4, -0.2) is 52.3 Å². The predicted molar refractivity (Wildman–Crippen MR) is 110 cm³/mol. The second-order valence-corrected chi connectivity index (χ2v) is 8.44. The Kier molecular flexibility index (Phi) is 8.07. The van der Waals surface area contributed by atoms with E-state index in [0.29, 0.717) is 24.3 Å². The number of nitrogens with one attached hydrogen (secondary N) is 1. The van der Waals surface area contributed by atoms with E-state index >= 15 is 0 Å². The van der Waals surface area contributed by atoms with Crippen molar-refractivity contribution in [1.29, 1.82) is 0 Å². The maximum Gasteiger partial charge on any atom is 0.253 e. The highest BCUT2D eigenvalue weighted by molar-refractivity contribution is 7.89. The molecule has 7 nitrogen and oxygen atoms in total. The van der Waals surface area contributed by atoms with Gasteiger partial charge in [0.25, 0.3) is 5.91 Å². The molecule has 2 aromatic rings. The monoisotopic (exact) mass is 418 g/mol. The summed E-state index contributed by atoms with van der Waals surface area (Å²) in [5.74, 6) is -0.223. The van der Waals surface area contributed by atoms with Gasteiger partial charge in [0, 0.05) is 45.0 Å². The molecular weight excluding hydrogens is 392 g/mol. The van der Waals surface area contributed by atoms with E-state index in [2.05, 4.69) is 4.72 Å². The fourth-order valence-corrected chi connectivity index (χ4v) is 3.68. The summed E-state index contributed by atoms with van der Waals surface area (Å²) in [6, 6.07) is 12.6. The third-order valence-corrected chi connectivity index (χ3v) is 5.84. The maximum atomic E-state index is 12.4. The predicted octanol–water partition coefficient (Wildman–Crippen LogP) is 2.48. The van der Waals surface area contributed by atoms with E-state index in [1.807, 2.05) is 0 Å². The molecule has 0 spiro atoms. The number of Topliss-reactive ketones (excluding diaryl/α,β-unsaturated/α-hetero) is 1. The number of hydrogen-bond donors (Lipinski definition) is 1. The molecule has 0 aliphatic rings. The van der Waals surface area contributed by atoms with Gasteiger partial charge in [0.1, 0.15) is 0 Å². The lowest BCUT2D eigenvalue weighted by Gasteiger charge is -2.17. The molecule has 1 N–H and O–H groups in total. The number of benzene rings is 2. The summed E-state index contributed by atoms with van der Waals surface area (Å²) < 4.78 is 32.3. The molecule has 156 valence electrons. The lowest BCUT2D eigenvalue weighted by Crippen LogP contribution is -2.28. The highest BCUT2D eigenvalue weighted by Gasteiger charge is 2.15. The largest absolute Gasteiger partial charge is 0.385 e. The molecule has 0 fully saturated rings. The van der Waals surface area contributed by atoms with Crippen LogP contribution in [0, 0.1) is 0 Å². The first-order valence-corrected chi connectivity index (χ1v) is 10.7. The normalized spacial score (nSPS) is 11.3. The van der Waals surface area contributed by atoms with Gasteiger partial charge in [-0.1, -0.05) is 24.3 Å². The molecule has 8 heteroatoms. The zero-order valence-corrected chi connectivity index (χ0v) is 17.7. The summed E-state index contributed by atoms with van der Waals surface area (Å²) in [5, 5.41) is 0. The van der Waals surface area contributed by atoms with E-state index in [-0.39, 0.29) is 23.1 Å². The number of sulfonamides is 1. The first kappa shape index (κ1) is 22.7. The summed E-state index contributed by atoms with van der Waals surface area (Å²) in [6.07, 6.45) is 0.756. The van der Waals surface area contributed by atoms with Crippen LogP contribution in [-0.2, 0) is 21.3 Å². The van der Waals surface area contributed by atoms with Crippen molar-refractivity contribution >= 4 is 21.7 Å². The molecule has 2 rings (SSSR count). The van der Waals surface area contributed by atoms with Crippen LogP contribution in [0.3, 0.4) is 0 Å². The standard InChI is InChI=1S/C21H26N2O5S/c1-16(24)18-9-11-20(12-10-18)29(26,27)22-15-17-5-7-19(8-6-17)21(25)23(2)13-4-14-28-3/h5-12,22H,4,13-15H2,1-3H3. The van der Waals surface area contributed by atoms with Crippen LogP contribution in [0.4, 0.5) is 0 Å². The number of carbonyl (C=O) groups is 2. The van der Waals surface area contributed by atoms with Crippen LogP contribution in [0.2, 0.25) is 0 Å². The second kappa shape index (κ2) is 10.3. The Morgan fingerprint density at radius 2 is 1.59 bits per heavy atom. The molecule has 29 heavy (non-hydrogen) atoms. The second-order valence-electron chi connectivity index (χ2n) is 6.68. The van der Waals surface area contributed by atoms with E-state index in [9.17, 15) is 18.0 Å². The highest BCUT2D eigenvalue weighted by Crippen LogP contribution is 2.13. The average molecular weight is 419 g/mol. The van der Waals surface area contributed by atoms with Crippen molar-refractivity contribution in [3.63, 3.8) is 0 Å². The maximum absolute atomic E-state index is 12.4. The number of rotatable bonds is 10. The van der Waals surface area contributed by atoms with Gasteiger partial charge < -0.3 is 9.64 Å². The fraction of sp³-hybridized carbons (Fsp3) is 0.333. The Bertz CT molecular complexity index is 938. The van der Waals surface area contributed by atoms with Crippen LogP contribution in [0.5, 0.6) is 0 Å². The number of ether oxygens (including phenoxy) is 1. The van der Waals surface area contributed by atoms with E-state index in [1.54, 1.807) is 43.3 Å². The third kappa shape index (κ3) is 6.49. The minimum Gasteiger partial charge on any atom is -0.385 e. The third-order valence-electron chi connectivity index (χ3n) is 4.43. The smallest absolute Gasteiger partial charge is 0.253 e. The molecule has 0 aliphatic heterocycles. The van der Waals surface area contributed by atoms with E-state index in [4.69, 9.17) is 4.74 Å². The lowest BCUT2D eigenvalue weighted by molar-refractivity contribution is 0.0779. The van der Waals surface area contributed by atoms with Crippen molar-refractivity contribution in [3.8, 4) is 0 Å². The van der Waals surface area contributed by atoms with Gasteiger partial charge in [0.15, 0.2) is 5.78 Å². The lowest BCUT2D eigenvalue weighted by atomic mass is 10.1. The van der Waals surface area contributed by atoms with E-state index in [0.717, 1.165) is 12.0 Å². The fourth-order valence-electron chi connectivity index (χ4n) is 2.66. The van der Waals surface area contributed by atoms with Crippen LogP contribution >= 0.6 is 0 Å². The minimum absolute atomic E-state index is 0.0898. The Balaban J connectivity index is 1.97. The zero-order chi connectivity index (χ0) is 21.4. The van der Waals surface area contributed by atoms with Gasteiger partial charge in [-0.3, -0.25) is 9.59 Å². The number of nitrogens with zero attached hydrogens (tertiary/aromatic N) is 1. The molecule has 0 atom stereocenters. The Morgan fingerprint density at radius 3 is 2.14 bits per heavy atom. The summed E-state index contributed by atoms with van der Waals surface area (Å²) in [7, 11) is -0.347. The molecule has 0 aromatic heterocycles. The first-order valence-electron chi connectivity index (χ1n) is 9.18. The molecule has 0 saturated heterocycles. The Labute approximate surface area is 171 Å². The summed E-state index contributed by atoms with van der Waals surface area (Å²) in [6.45, 7) is 2.70. The molecule has 0 unspecified atom stereocenters.